The molecule has 3 aromatic rings. The molecule has 0 saturated heterocycles. The highest BCUT2D eigenvalue weighted by Crippen LogP contribution is 2.29. The normalized spacial score (nSPS) is 13.6. The average molecular weight is 378 g/mol. The minimum absolute atomic E-state index is 0.0261. The van der Waals surface area contributed by atoms with E-state index in [1.807, 2.05) is 26.0 Å². The zero-order valence-electron chi connectivity index (χ0n) is 16.2. The van der Waals surface area contributed by atoms with Crippen LogP contribution in [0.25, 0.3) is 10.9 Å². The van der Waals surface area contributed by atoms with Crippen LogP contribution < -0.4 is 10.9 Å². The smallest absolute Gasteiger partial charge is 0.287 e. The van der Waals surface area contributed by atoms with Crippen molar-refractivity contribution in [1.82, 2.24) is 10.3 Å². The van der Waals surface area contributed by atoms with Crippen molar-refractivity contribution in [3.05, 3.63) is 67.9 Å². The molecule has 0 fully saturated rings. The molecule has 0 unspecified atom stereocenters. The van der Waals surface area contributed by atoms with Crippen LogP contribution >= 0.6 is 0 Å². The summed E-state index contributed by atoms with van der Waals surface area (Å²) in [6.45, 7) is 5.78. The van der Waals surface area contributed by atoms with E-state index in [0.717, 1.165) is 28.5 Å². The third kappa shape index (κ3) is 2.95. The van der Waals surface area contributed by atoms with Crippen LogP contribution in [0.5, 0.6) is 0 Å². The number of carbonyl (C=O) groups excluding carboxylic acids is 2. The Bertz CT molecular complexity index is 1180. The van der Waals surface area contributed by atoms with Crippen molar-refractivity contribution in [3.8, 4) is 0 Å². The number of ketones is 1. The second-order valence-electron chi connectivity index (χ2n) is 7.41. The van der Waals surface area contributed by atoms with E-state index in [-0.39, 0.29) is 23.6 Å². The van der Waals surface area contributed by atoms with E-state index >= 15 is 0 Å². The molecule has 0 radical (unpaired) electrons. The molecule has 28 heavy (non-hydrogen) atoms. The summed E-state index contributed by atoms with van der Waals surface area (Å²) < 4.78 is 5.67. The lowest BCUT2D eigenvalue weighted by atomic mass is 9.94. The fraction of sp³-hybridized carbons (Fsp3) is 0.318. The molecule has 1 aromatic carbocycles. The minimum Gasteiger partial charge on any atom is -0.455 e. The highest BCUT2D eigenvalue weighted by Gasteiger charge is 2.28. The van der Waals surface area contributed by atoms with Crippen molar-refractivity contribution in [1.29, 1.82) is 0 Å². The summed E-state index contributed by atoms with van der Waals surface area (Å²) in [5.41, 5.74) is 4.32. The summed E-state index contributed by atoms with van der Waals surface area (Å²) in [4.78, 5) is 40.1. The van der Waals surface area contributed by atoms with Crippen molar-refractivity contribution in [3.63, 3.8) is 0 Å². The van der Waals surface area contributed by atoms with Gasteiger partial charge >= 0.3 is 0 Å². The first-order valence-electron chi connectivity index (χ1n) is 9.42. The predicted molar refractivity (Wildman–Crippen MR) is 106 cm³/mol. The van der Waals surface area contributed by atoms with Crippen molar-refractivity contribution in [2.75, 3.05) is 0 Å². The van der Waals surface area contributed by atoms with Crippen molar-refractivity contribution >= 4 is 22.6 Å². The molecule has 1 amide bonds. The number of Topliss-reactive ketones (excluding diaryl/α,β-unsaturated/α-hetero) is 1. The maximum Gasteiger partial charge on any atom is 0.287 e. The number of pyridine rings is 1. The van der Waals surface area contributed by atoms with Crippen LogP contribution in [0.1, 0.15) is 61.8 Å². The van der Waals surface area contributed by atoms with Crippen LogP contribution in [0, 0.1) is 20.8 Å². The molecule has 0 atom stereocenters. The predicted octanol–water partition coefficient (Wildman–Crippen LogP) is 3.50. The number of aromatic amines is 1. The number of nitrogens with one attached hydrogen (secondary N) is 2. The molecular formula is C22H22N2O4. The Morgan fingerprint density at radius 2 is 1.93 bits per heavy atom. The van der Waals surface area contributed by atoms with Gasteiger partial charge in [-0.3, -0.25) is 14.4 Å². The van der Waals surface area contributed by atoms with E-state index in [1.165, 1.54) is 0 Å². The summed E-state index contributed by atoms with van der Waals surface area (Å²) in [5.74, 6) is 0.356. The van der Waals surface area contributed by atoms with E-state index in [4.69, 9.17) is 4.42 Å². The Morgan fingerprint density at radius 1 is 1.14 bits per heavy atom. The van der Waals surface area contributed by atoms with Crippen LogP contribution in [0.2, 0.25) is 0 Å². The fourth-order valence-electron chi connectivity index (χ4n) is 3.82. The van der Waals surface area contributed by atoms with Gasteiger partial charge in [-0.1, -0.05) is 12.1 Å². The molecule has 144 valence electrons. The Labute approximate surface area is 161 Å². The highest BCUT2D eigenvalue weighted by molar-refractivity contribution is 6.03. The molecule has 2 aromatic heterocycles. The van der Waals surface area contributed by atoms with Crippen LogP contribution in [-0.4, -0.2) is 16.7 Å². The molecule has 0 bridgehead atoms. The van der Waals surface area contributed by atoms with Gasteiger partial charge in [-0.2, -0.15) is 0 Å². The van der Waals surface area contributed by atoms with Gasteiger partial charge in [0.05, 0.1) is 11.1 Å². The van der Waals surface area contributed by atoms with Crippen molar-refractivity contribution in [2.45, 2.75) is 46.6 Å². The molecule has 6 heteroatoms. The van der Waals surface area contributed by atoms with Crippen molar-refractivity contribution < 1.29 is 14.0 Å². The first-order valence-corrected chi connectivity index (χ1v) is 9.42. The Morgan fingerprint density at radius 3 is 2.68 bits per heavy atom. The van der Waals surface area contributed by atoms with Gasteiger partial charge in [0.2, 0.25) is 0 Å². The Hall–Kier alpha value is -3.15. The number of aromatic nitrogens is 1. The zero-order chi connectivity index (χ0) is 20.0. The molecule has 1 aliphatic rings. The molecule has 0 aliphatic heterocycles. The molecule has 0 saturated carbocycles. The number of H-pyrrole nitrogens is 1. The fourth-order valence-corrected chi connectivity index (χ4v) is 3.82. The van der Waals surface area contributed by atoms with E-state index < -0.39 is 5.91 Å². The molecule has 6 nitrogen and oxygen atoms in total. The highest BCUT2D eigenvalue weighted by atomic mass is 16.4. The summed E-state index contributed by atoms with van der Waals surface area (Å²) in [7, 11) is 0. The first-order chi connectivity index (χ1) is 13.4. The maximum absolute atomic E-state index is 12.6. The maximum atomic E-state index is 12.6. The van der Waals surface area contributed by atoms with Gasteiger partial charge in [-0.15, -0.1) is 0 Å². The summed E-state index contributed by atoms with van der Waals surface area (Å²) >= 11 is 0. The SMILES string of the molecule is Cc1ccc2cc(CNC(=O)c3oc4c(c3C)C(=O)CCC4)c(=O)[nH]c2c1C. The molecule has 2 N–H and O–H groups in total. The van der Waals surface area contributed by atoms with E-state index in [9.17, 15) is 14.4 Å². The lowest BCUT2D eigenvalue weighted by molar-refractivity contribution is 0.0917. The first kappa shape index (κ1) is 18.2. The number of furan rings is 1. The number of benzene rings is 1. The third-order valence-corrected chi connectivity index (χ3v) is 5.58. The Kier molecular flexibility index (Phi) is 4.41. The van der Waals surface area contributed by atoms with Crippen molar-refractivity contribution in [2.24, 2.45) is 0 Å². The van der Waals surface area contributed by atoms with Gasteiger partial charge in [-0.05, 0) is 49.8 Å². The van der Waals surface area contributed by atoms with E-state index in [0.29, 0.717) is 35.3 Å². The number of amides is 1. The molecule has 4 rings (SSSR count). The van der Waals surface area contributed by atoms with E-state index in [1.54, 1.807) is 13.0 Å². The lowest BCUT2D eigenvalue weighted by Gasteiger charge is -2.08. The Balaban J connectivity index is 1.59. The minimum atomic E-state index is -0.417. The van der Waals surface area contributed by atoms with Gasteiger partial charge < -0.3 is 14.7 Å². The second-order valence-corrected chi connectivity index (χ2v) is 7.41. The number of rotatable bonds is 3. The van der Waals surface area contributed by atoms with Crippen LogP contribution in [0.4, 0.5) is 0 Å². The monoisotopic (exact) mass is 378 g/mol. The summed E-state index contributed by atoms with van der Waals surface area (Å²) in [6.07, 6.45) is 1.89. The van der Waals surface area contributed by atoms with Gasteiger partial charge in [0.15, 0.2) is 11.5 Å². The van der Waals surface area contributed by atoms with E-state index in [2.05, 4.69) is 10.3 Å². The molecular weight excluding hydrogens is 356 g/mol. The summed E-state index contributed by atoms with van der Waals surface area (Å²) in [6, 6.07) is 5.76. The second kappa shape index (κ2) is 6.78. The largest absolute Gasteiger partial charge is 0.455 e. The van der Waals surface area contributed by atoms with Gasteiger partial charge in [0.1, 0.15) is 5.76 Å². The third-order valence-electron chi connectivity index (χ3n) is 5.58. The topological polar surface area (TPSA) is 92.2 Å². The lowest BCUT2D eigenvalue weighted by Crippen LogP contribution is -2.27. The van der Waals surface area contributed by atoms with Gasteiger partial charge in [0.25, 0.3) is 11.5 Å². The number of aryl methyl sites for hydroxylation is 3. The quantitative estimate of drug-likeness (QED) is 0.730. The zero-order valence-corrected chi connectivity index (χ0v) is 16.2. The molecule has 1 aliphatic carbocycles. The standard InChI is InChI=1S/C22H22N2O4/c1-11-7-8-14-9-15(21(26)24-19(14)12(11)2)10-23-22(27)20-13(3)18-16(25)5-4-6-17(18)28-20/h7-9H,4-6,10H2,1-3H3,(H,23,27)(H,24,26). The summed E-state index contributed by atoms with van der Waals surface area (Å²) in [5, 5.41) is 3.67. The average Bonchev–Trinajstić information content (AvgIpc) is 3.01. The van der Waals surface area contributed by atoms with Crippen LogP contribution in [0.15, 0.2) is 27.4 Å². The van der Waals surface area contributed by atoms with Gasteiger partial charge in [0, 0.05) is 30.5 Å². The van der Waals surface area contributed by atoms with Crippen LogP contribution in [-0.2, 0) is 13.0 Å². The number of hydrogen-bond donors (Lipinski definition) is 2. The number of hydrogen-bond acceptors (Lipinski definition) is 4. The molecule has 0 spiro atoms. The number of carbonyl (C=O) groups is 2. The van der Waals surface area contributed by atoms with Gasteiger partial charge in [-0.25, -0.2) is 0 Å². The molecule has 2 heterocycles. The van der Waals surface area contributed by atoms with Crippen LogP contribution in [0.3, 0.4) is 0 Å². The number of fused-ring (bicyclic) bond motifs is 2.